The van der Waals surface area contributed by atoms with Crippen LogP contribution in [0.2, 0.25) is 0 Å². The Bertz CT molecular complexity index is 1060. The van der Waals surface area contributed by atoms with Gasteiger partial charge in [0, 0.05) is 30.5 Å². The standard InChI is InChI=1S/C23H24N2O6S/c1-4-30-25-14(2)23(28)22-19(26)12-15(13-20(22)27)18-6-5-7-21(24-18)31-16-8-10-17(11-9-16)32(3)29/h5-11,15,26H,4,12-13H2,1-3H3. The first-order valence-electron chi connectivity index (χ1n) is 10.0. The van der Waals surface area contributed by atoms with Crippen molar-refractivity contribution in [2.24, 2.45) is 5.16 Å². The molecule has 0 radical (unpaired) electrons. The van der Waals surface area contributed by atoms with Gasteiger partial charge in [0.2, 0.25) is 11.7 Å². The highest BCUT2D eigenvalue weighted by atomic mass is 32.2. The summed E-state index contributed by atoms with van der Waals surface area (Å²) < 4.78 is 17.3. The smallest absolute Gasteiger partial charge is 0.219 e. The second-order valence-electron chi connectivity index (χ2n) is 7.20. The molecule has 0 saturated heterocycles. The number of carbonyl (C=O) groups excluding carboxylic acids is 2. The van der Waals surface area contributed by atoms with E-state index in [9.17, 15) is 19.2 Å². The van der Waals surface area contributed by atoms with Gasteiger partial charge in [0.15, 0.2) is 10.7 Å². The van der Waals surface area contributed by atoms with Crippen molar-refractivity contribution in [1.82, 2.24) is 4.98 Å². The van der Waals surface area contributed by atoms with Crippen LogP contribution < -0.4 is 4.74 Å². The highest BCUT2D eigenvalue weighted by Gasteiger charge is 2.34. The van der Waals surface area contributed by atoms with Gasteiger partial charge in [-0.15, -0.1) is 0 Å². The van der Waals surface area contributed by atoms with Crippen molar-refractivity contribution in [3.63, 3.8) is 0 Å². The van der Waals surface area contributed by atoms with E-state index in [1.807, 2.05) is 0 Å². The Morgan fingerprint density at radius 3 is 2.59 bits per heavy atom. The third-order valence-electron chi connectivity index (χ3n) is 4.87. The molecule has 1 aliphatic carbocycles. The zero-order valence-corrected chi connectivity index (χ0v) is 18.8. The van der Waals surface area contributed by atoms with Crippen LogP contribution in [-0.2, 0) is 25.6 Å². The van der Waals surface area contributed by atoms with Crippen LogP contribution in [0.4, 0.5) is 0 Å². The van der Waals surface area contributed by atoms with E-state index >= 15 is 0 Å². The average Bonchev–Trinajstić information content (AvgIpc) is 2.77. The number of aliphatic hydroxyl groups is 1. The number of ether oxygens (including phenoxy) is 1. The first-order chi connectivity index (χ1) is 15.3. The van der Waals surface area contributed by atoms with Crippen LogP contribution in [0, 0.1) is 0 Å². The van der Waals surface area contributed by atoms with Crippen molar-refractivity contribution in [1.29, 1.82) is 0 Å². The third kappa shape index (κ3) is 5.54. The summed E-state index contributed by atoms with van der Waals surface area (Å²) in [5, 5.41) is 14.1. The number of rotatable bonds is 8. The third-order valence-corrected chi connectivity index (χ3v) is 5.80. The molecule has 168 valence electrons. The van der Waals surface area contributed by atoms with Crippen molar-refractivity contribution in [3.8, 4) is 11.6 Å². The molecule has 2 unspecified atom stereocenters. The molecule has 9 heteroatoms. The molecule has 32 heavy (non-hydrogen) atoms. The summed E-state index contributed by atoms with van der Waals surface area (Å²) in [7, 11) is 0. The highest BCUT2D eigenvalue weighted by Crippen LogP contribution is 2.34. The fourth-order valence-electron chi connectivity index (χ4n) is 3.28. The molecule has 1 aliphatic rings. The second-order valence-corrected chi connectivity index (χ2v) is 8.58. The molecule has 1 aromatic heterocycles. The van der Waals surface area contributed by atoms with E-state index in [0.717, 1.165) is 0 Å². The molecule has 2 atom stereocenters. The number of oxime groups is 1. The number of hydrogen-bond donors (Lipinski definition) is 1. The van der Waals surface area contributed by atoms with Gasteiger partial charge in [0.05, 0.1) is 0 Å². The molecule has 0 aliphatic heterocycles. The van der Waals surface area contributed by atoms with Crippen LogP contribution >= 0.6 is 0 Å². The Labute approximate surface area is 189 Å². The summed E-state index contributed by atoms with van der Waals surface area (Å²) >= 11 is -1.08. The quantitative estimate of drug-likeness (QED) is 0.277. The first kappa shape index (κ1) is 23.5. The Hall–Kier alpha value is -3.17. The number of Topliss-reactive ketones (excluding diaryl/α,β-unsaturated/α-hetero) is 2. The van der Waals surface area contributed by atoms with Crippen molar-refractivity contribution in [2.45, 2.75) is 37.5 Å². The normalized spacial score (nSPS) is 17.8. The number of hydrogen-bond acceptors (Lipinski definition) is 8. The largest absolute Gasteiger partial charge is 0.612 e. The fraction of sp³-hybridized carbons (Fsp3) is 0.304. The van der Waals surface area contributed by atoms with E-state index in [4.69, 9.17) is 9.57 Å². The topological polar surface area (TPSA) is 121 Å². The van der Waals surface area contributed by atoms with E-state index in [0.29, 0.717) is 22.2 Å². The number of aromatic nitrogens is 1. The molecule has 0 fully saturated rings. The van der Waals surface area contributed by atoms with E-state index in [1.54, 1.807) is 55.6 Å². The van der Waals surface area contributed by atoms with Gasteiger partial charge in [-0.2, -0.15) is 0 Å². The van der Waals surface area contributed by atoms with Crippen LogP contribution in [0.5, 0.6) is 11.6 Å². The number of aliphatic hydroxyl groups excluding tert-OH is 1. The lowest BCUT2D eigenvalue weighted by Crippen LogP contribution is -2.27. The second kappa shape index (κ2) is 10.4. The number of allylic oxidation sites excluding steroid dienone is 2. The maximum atomic E-state index is 12.7. The zero-order valence-electron chi connectivity index (χ0n) is 18.0. The summed E-state index contributed by atoms with van der Waals surface area (Å²) in [6, 6.07) is 12.0. The SMILES string of the molecule is CCON=C(C)C(=O)C1=C(O)CC(c2cccc(Oc3ccc([S+](C)[O-])cc3)n2)CC1=O. The Morgan fingerprint density at radius 1 is 1.25 bits per heavy atom. The van der Waals surface area contributed by atoms with Crippen LogP contribution in [0.3, 0.4) is 0 Å². The Morgan fingerprint density at radius 2 is 1.97 bits per heavy atom. The lowest BCUT2D eigenvalue weighted by Gasteiger charge is -2.22. The van der Waals surface area contributed by atoms with Gasteiger partial charge < -0.3 is 19.2 Å². The highest BCUT2D eigenvalue weighted by molar-refractivity contribution is 7.90. The Kier molecular flexibility index (Phi) is 7.66. The van der Waals surface area contributed by atoms with Crippen molar-refractivity contribution >= 4 is 28.5 Å². The summed E-state index contributed by atoms with van der Waals surface area (Å²) in [5.74, 6) is -0.921. The molecule has 0 saturated carbocycles. The van der Waals surface area contributed by atoms with Gasteiger partial charge in [-0.05, 0) is 55.4 Å². The Balaban J connectivity index is 1.76. The minimum atomic E-state index is -1.08. The maximum absolute atomic E-state index is 12.7. The van der Waals surface area contributed by atoms with Gasteiger partial charge in [-0.25, -0.2) is 4.98 Å². The van der Waals surface area contributed by atoms with Crippen LogP contribution in [0.15, 0.2) is 63.8 Å². The molecule has 0 amide bonds. The monoisotopic (exact) mass is 456 g/mol. The molecule has 1 heterocycles. The first-order valence-corrected chi connectivity index (χ1v) is 11.6. The predicted octanol–water partition coefficient (Wildman–Crippen LogP) is 3.85. The molecule has 1 N–H and O–H groups in total. The van der Waals surface area contributed by atoms with Crippen LogP contribution in [0.1, 0.15) is 38.3 Å². The summed E-state index contributed by atoms with van der Waals surface area (Å²) in [6.07, 6.45) is 1.73. The maximum Gasteiger partial charge on any atom is 0.219 e. The van der Waals surface area contributed by atoms with E-state index in [1.165, 1.54) is 6.92 Å². The predicted molar refractivity (Wildman–Crippen MR) is 119 cm³/mol. The number of carbonyl (C=O) groups is 2. The molecular weight excluding hydrogens is 432 g/mol. The molecule has 2 aromatic rings. The summed E-state index contributed by atoms with van der Waals surface area (Å²) in [5.41, 5.74) is 0.328. The minimum absolute atomic E-state index is 0.00615. The van der Waals surface area contributed by atoms with Gasteiger partial charge in [-0.1, -0.05) is 11.2 Å². The van der Waals surface area contributed by atoms with E-state index in [-0.39, 0.29) is 36.5 Å². The molecule has 0 spiro atoms. The van der Waals surface area contributed by atoms with Crippen molar-refractivity contribution in [3.05, 3.63) is 59.5 Å². The molecular formula is C23H24N2O6S. The number of benzene rings is 1. The summed E-state index contributed by atoms with van der Waals surface area (Å²) in [6.45, 7) is 3.45. The lowest BCUT2D eigenvalue weighted by molar-refractivity contribution is -0.120. The number of pyridine rings is 1. The summed E-state index contributed by atoms with van der Waals surface area (Å²) in [4.78, 5) is 35.2. The number of nitrogens with zero attached hydrogens (tertiary/aromatic N) is 2. The van der Waals surface area contributed by atoms with Gasteiger partial charge in [0.25, 0.3) is 0 Å². The van der Waals surface area contributed by atoms with E-state index in [2.05, 4.69) is 10.1 Å². The van der Waals surface area contributed by atoms with Gasteiger partial charge >= 0.3 is 0 Å². The molecule has 8 nitrogen and oxygen atoms in total. The minimum Gasteiger partial charge on any atom is -0.612 e. The van der Waals surface area contributed by atoms with Crippen molar-refractivity contribution < 1.29 is 28.8 Å². The number of ketones is 2. The van der Waals surface area contributed by atoms with E-state index < -0.39 is 28.7 Å². The average molecular weight is 457 g/mol. The zero-order chi connectivity index (χ0) is 23.3. The van der Waals surface area contributed by atoms with Gasteiger partial charge in [-0.3, -0.25) is 9.59 Å². The van der Waals surface area contributed by atoms with Gasteiger partial charge in [0.1, 0.15) is 35.7 Å². The van der Waals surface area contributed by atoms with Crippen LogP contribution in [0.25, 0.3) is 0 Å². The van der Waals surface area contributed by atoms with Crippen LogP contribution in [-0.4, -0.2) is 44.8 Å². The fourth-order valence-corrected chi connectivity index (χ4v) is 3.80. The molecule has 3 rings (SSSR count). The van der Waals surface area contributed by atoms with Crippen molar-refractivity contribution in [2.75, 3.05) is 12.9 Å². The lowest BCUT2D eigenvalue weighted by atomic mass is 9.83. The molecule has 1 aromatic carbocycles. The molecule has 0 bridgehead atoms.